The quantitative estimate of drug-likeness (QED) is 0.905. The molecule has 5 nitrogen and oxygen atoms in total. The number of nitrogens with one attached hydrogen (secondary N) is 1. The highest BCUT2D eigenvalue weighted by atomic mass is 79.9. The number of piperidine rings is 1. The van der Waals surface area contributed by atoms with E-state index in [1.54, 1.807) is 19.4 Å². The van der Waals surface area contributed by atoms with Gasteiger partial charge in [-0.25, -0.2) is 0 Å². The Bertz CT molecular complexity index is 676. The summed E-state index contributed by atoms with van der Waals surface area (Å²) in [5.74, 6) is 0.0665. The van der Waals surface area contributed by atoms with E-state index >= 15 is 0 Å². The first-order valence-electron chi connectivity index (χ1n) is 7.09. The Kier molecular flexibility index (Phi) is 4.05. The molecule has 0 bridgehead atoms. The van der Waals surface area contributed by atoms with Gasteiger partial charge in [-0.3, -0.25) is 14.8 Å². The van der Waals surface area contributed by atoms with E-state index in [2.05, 4.69) is 36.1 Å². The smallest absolute Gasteiger partial charge is 0.242 e. The average molecular weight is 349 g/mol. The summed E-state index contributed by atoms with van der Waals surface area (Å²) < 4.78 is 0.904. The molecule has 2 aromatic rings. The lowest BCUT2D eigenvalue weighted by atomic mass is 10.0. The Hall–Kier alpha value is -1.69. The van der Waals surface area contributed by atoms with Crippen LogP contribution in [-0.4, -0.2) is 35.5 Å². The van der Waals surface area contributed by atoms with Gasteiger partial charge < -0.3 is 10.2 Å². The molecule has 1 amide bonds. The summed E-state index contributed by atoms with van der Waals surface area (Å²) in [6.45, 7) is 0.870. The Morgan fingerprint density at radius 3 is 3.10 bits per heavy atom. The van der Waals surface area contributed by atoms with E-state index in [0.717, 1.165) is 47.0 Å². The fraction of sp³-hybridized carbons (Fsp3) is 0.400. The van der Waals surface area contributed by atoms with Gasteiger partial charge in [0.25, 0.3) is 0 Å². The Balaban J connectivity index is 2.07. The van der Waals surface area contributed by atoms with Crippen LogP contribution in [0.1, 0.15) is 19.3 Å². The number of carbonyl (C=O) groups excluding carboxylic acids is 1. The molecule has 1 aliphatic rings. The first kappa shape index (κ1) is 14.3. The molecule has 110 valence electrons. The van der Waals surface area contributed by atoms with Crippen molar-refractivity contribution in [2.45, 2.75) is 25.3 Å². The van der Waals surface area contributed by atoms with Crippen LogP contribution in [0, 0.1) is 0 Å². The number of halogens is 1. The van der Waals surface area contributed by atoms with Crippen molar-refractivity contribution < 1.29 is 4.79 Å². The van der Waals surface area contributed by atoms with Crippen molar-refractivity contribution >= 4 is 38.6 Å². The Labute approximate surface area is 131 Å². The van der Waals surface area contributed by atoms with Gasteiger partial charge in [0.05, 0.1) is 11.2 Å². The van der Waals surface area contributed by atoms with Crippen molar-refractivity contribution in [2.24, 2.45) is 0 Å². The zero-order valence-electron chi connectivity index (χ0n) is 11.8. The van der Waals surface area contributed by atoms with E-state index in [-0.39, 0.29) is 11.9 Å². The van der Waals surface area contributed by atoms with E-state index in [9.17, 15) is 4.79 Å². The molecule has 1 aliphatic heterocycles. The first-order chi connectivity index (χ1) is 10.2. The van der Waals surface area contributed by atoms with E-state index in [4.69, 9.17) is 0 Å². The molecule has 2 aromatic heterocycles. The maximum absolute atomic E-state index is 12.1. The van der Waals surface area contributed by atoms with Crippen LogP contribution in [0.5, 0.6) is 0 Å². The predicted molar refractivity (Wildman–Crippen MR) is 86.3 cm³/mol. The molecule has 0 saturated carbocycles. The van der Waals surface area contributed by atoms with E-state index in [1.807, 2.05) is 12.1 Å². The summed E-state index contributed by atoms with van der Waals surface area (Å²) in [5, 5.41) is 2.77. The molecule has 1 unspecified atom stereocenters. The molecular formula is C15H17BrN4O. The monoisotopic (exact) mass is 348 g/mol. The van der Waals surface area contributed by atoms with Crippen LogP contribution in [0.25, 0.3) is 11.0 Å². The maximum Gasteiger partial charge on any atom is 0.242 e. The summed E-state index contributed by atoms with van der Waals surface area (Å²) >= 11 is 3.42. The molecular weight excluding hydrogens is 332 g/mol. The van der Waals surface area contributed by atoms with Crippen LogP contribution >= 0.6 is 15.9 Å². The molecule has 0 aliphatic carbocycles. The minimum atomic E-state index is -0.125. The Morgan fingerprint density at radius 2 is 2.29 bits per heavy atom. The average Bonchev–Trinajstić information content (AvgIpc) is 2.53. The highest BCUT2D eigenvalue weighted by molar-refractivity contribution is 9.10. The van der Waals surface area contributed by atoms with Crippen LogP contribution in [0.4, 0.5) is 5.69 Å². The van der Waals surface area contributed by atoms with Crippen molar-refractivity contribution in [1.29, 1.82) is 0 Å². The van der Waals surface area contributed by atoms with E-state index < -0.39 is 0 Å². The van der Waals surface area contributed by atoms with Gasteiger partial charge >= 0.3 is 0 Å². The van der Waals surface area contributed by atoms with Gasteiger partial charge in [0, 0.05) is 30.5 Å². The van der Waals surface area contributed by atoms with E-state index in [1.165, 1.54) is 0 Å². The number of amides is 1. The van der Waals surface area contributed by atoms with Crippen LogP contribution in [0.2, 0.25) is 0 Å². The van der Waals surface area contributed by atoms with Gasteiger partial charge in [0.1, 0.15) is 11.6 Å². The van der Waals surface area contributed by atoms with Crippen molar-refractivity contribution in [1.82, 2.24) is 15.3 Å². The third-order valence-corrected chi connectivity index (χ3v) is 4.32. The molecule has 3 heterocycles. The summed E-state index contributed by atoms with van der Waals surface area (Å²) in [6.07, 6.45) is 6.60. The van der Waals surface area contributed by atoms with Crippen molar-refractivity contribution in [3.8, 4) is 0 Å². The molecule has 1 saturated heterocycles. The summed E-state index contributed by atoms with van der Waals surface area (Å²) in [7, 11) is 1.69. The SMILES string of the molecule is CNC(=O)C1CCCCN1c1ccnc2cc(Br)cnc12. The predicted octanol–water partition coefficient (Wildman–Crippen LogP) is 2.50. The lowest BCUT2D eigenvalue weighted by Gasteiger charge is -2.36. The highest BCUT2D eigenvalue weighted by Crippen LogP contribution is 2.30. The number of aromatic nitrogens is 2. The number of nitrogens with zero attached hydrogens (tertiary/aromatic N) is 3. The maximum atomic E-state index is 12.1. The standard InChI is InChI=1S/C15H17BrN4O/c1-17-15(21)13-4-2-3-7-20(13)12-5-6-18-11-8-10(16)9-19-14(11)12/h5-6,8-9,13H,2-4,7H2,1H3,(H,17,21). The van der Waals surface area contributed by atoms with Gasteiger partial charge in [-0.1, -0.05) is 0 Å². The molecule has 21 heavy (non-hydrogen) atoms. The van der Waals surface area contributed by atoms with Gasteiger partial charge in [0.2, 0.25) is 5.91 Å². The van der Waals surface area contributed by atoms with Gasteiger partial charge in [-0.2, -0.15) is 0 Å². The summed E-state index contributed by atoms with van der Waals surface area (Å²) in [6, 6.07) is 3.77. The number of hydrogen-bond acceptors (Lipinski definition) is 4. The summed E-state index contributed by atoms with van der Waals surface area (Å²) in [5.41, 5.74) is 2.67. The van der Waals surface area contributed by atoms with Crippen LogP contribution < -0.4 is 10.2 Å². The Morgan fingerprint density at radius 1 is 1.43 bits per heavy atom. The van der Waals surface area contributed by atoms with Crippen LogP contribution in [-0.2, 0) is 4.79 Å². The van der Waals surface area contributed by atoms with Gasteiger partial charge in [0.15, 0.2) is 0 Å². The summed E-state index contributed by atoms with van der Waals surface area (Å²) in [4.78, 5) is 23.2. The molecule has 1 atom stereocenters. The highest BCUT2D eigenvalue weighted by Gasteiger charge is 2.29. The number of fused-ring (bicyclic) bond motifs is 1. The van der Waals surface area contributed by atoms with Crippen molar-refractivity contribution in [2.75, 3.05) is 18.5 Å². The fourth-order valence-corrected chi connectivity index (χ4v) is 3.20. The number of carbonyl (C=O) groups is 1. The minimum absolute atomic E-state index is 0.0665. The van der Waals surface area contributed by atoms with Crippen LogP contribution in [0.3, 0.4) is 0 Å². The number of hydrogen-bond donors (Lipinski definition) is 1. The molecule has 0 radical (unpaired) electrons. The lowest BCUT2D eigenvalue weighted by Crippen LogP contribution is -2.49. The normalized spacial score (nSPS) is 18.8. The number of pyridine rings is 2. The second-order valence-electron chi connectivity index (χ2n) is 5.17. The second kappa shape index (κ2) is 5.97. The minimum Gasteiger partial charge on any atom is -0.358 e. The number of rotatable bonds is 2. The van der Waals surface area contributed by atoms with Crippen molar-refractivity contribution in [3.05, 3.63) is 29.0 Å². The first-order valence-corrected chi connectivity index (χ1v) is 7.88. The molecule has 1 N–H and O–H groups in total. The molecule has 1 fully saturated rings. The molecule has 6 heteroatoms. The zero-order valence-corrected chi connectivity index (χ0v) is 13.4. The lowest BCUT2D eigenvalue weighted by molar-refractivity contribution is -0.122. The number of likely N-dealkylation sites (N-methyl/N-ethyl adjacent to an activating group) is 1. The van der Waals surface area contributed by atoms with Gasteiger partial charge in [-0.05, 0) is 47.3 Å². The van der Waals surface area contributed by atoms with Crippen LogP contribution in [0.15, 0.2) is 29.0 Å². The topological polar surface area (TPSA) is 58.1 Å². The fourth-order valence-electron chi connectivity index (χ4n) is 2.88. The molecule has 0 spiro atoms. The number of anilines is 1. The van der Waals surface area contributed by atoms with Gasteiger partial charge in [-0.15, -0.1) is 0 Å². The van der Waals surface area contributed by atoms with E-state index in [0.29, 0.717) is 0 Å². The third kappa shape index (κ3) is 2.72. The molecule has 3 rings (SSSR count). The largest absolute Gasteiger partial charge is 0.358 e. The third-order valence-electron chi connectivity index (χ3n) is 3.88. The van der Waals surface area contributed by atoms with Crippen molar-refractivity contribution in [3.63, 3.8) is 0 Å². The zero-order chi connectivity index (χ0) is 14.8. The molecule has 0 aromatic carbocycles. The second-order valence-corrected chi connectivity index (χ2v) is 6.09.